The molecule has 0 aliphatic carbocycles. The Morgan fingerprint density at radius 3 is 1.75 bits per heavy atom. The van der Waals surface area contributed by atoms with Gasteiger partial charge in [-0.15, -0.1) is 0 Å². The SMILES string of the molecule is CCCCCCCCCC1C(=O)N(C)C(=O)N(C)C1=O. The quantitative estimate of drug-likeness (QED) is 0.508. The Bertz CT molecular complexity index is 344. The van der Waals surface area contributed by atoms with Gasteiger partial charge in [0.25, 0.3) is 0 Å². The average Bonchev–Trinajstić information content (AvgIpc) is 2.45. The second-order valence-electron chi connectivity index (χ2n) is 5.54. The minimum atomic E-state index is -0.668. The normalized spacial score (nSPS) is 17.2. The van der Waals surface area contributed by atoms with E-state index in [0.717, 1.165) is 29.1 Å². The number of carbonyl (C=O) groups excluding carboxylic acids is 3. The average molecular weight is 282 g/mol. The number of unbranched alkanes of at least 4 members (excludes halogenated alkanes) is 6. The first kappa shape index (κ1) is 16.7. The van der Waals surface area contributed by atoms with Gasteiger partial charge in [0, 0.05) is 14.1 Å². The number of nitrogens with zero attached hydrogens (tertiary/aromatic N) is 2. The summed E-state index contributed by atoms with van der Waals surface area (Å²) in [6, 6.07) is -0.532. The number of hydrogen-bond donors (Lipinski definition) is 0. The van der Waals surface area contributed by atoms with E-state index in [9.17, 15) is 14.4 Å². The molecule has 0 aromatic rings. The van der Waals surface area contributed by atoms with Crippen LogP contribution in [0.3, 0.4) is 0 Å². The fourth-order valence-corrected chi connectivity index (χ4v) is 2.54. The van der Waals surface area contributed by atoms with Gasteiger partial charge in [0.1, 0.15) is 5.92 Å². The van der Waals surface area contributed by atoms with E-state index in [4.69, 9.17) is 0 Å². The number of hydrogen-bond acceptors (Lipinski definition) is 3. The molecule has 0 unspecified atom stereocenters. The third kappa shape index (κ3) is 4.05. The standard InChI is InChI=1S/C15H26N2O3/c1-4-5-6-7-8-9-10-11-12-13(18)16(2)15(20)17(3)14(12)19/h12H,4-11H2,1-3H3. The Balaban J connectivity index is 2.33. The molecular weight excluding hydrogens is 256 g/mol. The van der Waals surface area contributed by atoms with E-state index >= 15 is 0 Å². The largest absolute Gasteiger partial charge is 0.332 e. The van der Waals surface area contributed by atoms with Gasteiger partial charge in [-0.3, -0.25) is 19.4 Å². The van der Waals surface area contributed by atoms with E-state index in [-0.39, 0.29) is 11.8 Å². The molecule has 1 heterocycles. The summed E-state index contributed by atoms with van der Waals surface area (Å²) >= 11 is 0. The van der Waals surface area contributed by atoms with E-state index in [1.807, 2.05) is 0 Å². The van der Waals surface area contributed by atoms with Crippen molar-refractivity contribution in [3.8, 4) is 0 Å². The van der Waals surface area contributed by atoms with Gasteiger partial charge >= 0.3 is 6.03 Å². The van der Waals surface area contributed by atoms with Gasteiger partial charge in [-0.05, 0) is 6.42 Å². The van der Waals surface area contributed by atoms with Gasteiger partial charge in [0.05, 0.1) is 0 Å². The molecule has 0 radical (unpaired) electrons. The molecule has 0 atom stereocenters. The molecule has 1 aliphatic rings. The fourth-order valence-electron chi connectivity index (χ4n) is 2.54. The van der Waals surface area contributed by atoms with Crippen molar-refractivity contribution >= 4 is 17.8 Å². The van der Waals surface area contributed by atoms with Crippen molar-refractivity contribution in [1.82, 2.24) is 9.80 Å². The van der Waals surface area contributed by atoms with Crippen LogP contribution in [0.1, 0.15) is 58.3 Å². The van der Waals surface area contributed by atoms with Crippen LogP contribution in [0.5, 0.6) is 0 Å². The highest BCUT2D eigenvalue weighted by atomic mass is 16.2. The molecule has 5 nitrogen and oxygen atoms in total. The van der Waals surface area contributed by atoms with Crippen LogP contribution in [-0.2, 0) is 9.59 Å². The van der Waals surface area contributed by atoms with Gasteiger partial charge in [0.15, 0.2) is 0 Å². The van der Waals surface area contributed by atoms with Crippen LogP contribution in [-0.4, -0.2) is 41.7 Å². The minimum Gasteiger partial charge on any atom is -0.273 e. The topological polar surface area (TPSA) is 57.7 Å². The molecule has 1 aliphatic heterocycles. The van der Waals surface area contributed by atoms with Crippen molar-refractivity contribution in [3.05, 3.63) is 0 Å². The second-order valence-corrected chi connectivity index (χ2v) is 5.54. The lowest BCUT2D eigenvalue weighted by molar-refractivity contribution is -0.147. The lowest BCUT2D eigenvalue weighted by atomic mass is 9.96. The number of imide groups is 2. The minimum absolute atomic E-state index is 0.357. The predicted molar refractivity (Wildman–Crippen MR) is 77.0 cm³/mol. The Hall–Kier alpha value is -1.39. The Morgan fingerprint density at radius 2 is 1.25 bits per heavy atom. The van der Waals surface area contributed by atoms with Crippen molar-refractivity contribution in [1.29, 1.82) is 0 Å². The summed E-state index contributed by atoms with van der Waals surface area (Å²) < 4.78 is 0. The molecule has 5 heteroatoms. The fraction of sp³-hybridized carbons (Fsp3) is 0.800. The van der Waals surface area contributed by atoms with Crippen molar-refractivity contribution < 1.29 is 14.4 Å². The van der Waals surface area contributed by atoms with E-state index in [2.05, 4.69) is 6.92 Å². The van der Waals surface area contributed by atoms with Crippen molar-refractivity contribution in [3.63, 3.8) is 0 Å². The van der Waals surface area contributed by atoms with Gasteiger partial charge in [-0.2, -0.15) is 0 Å². The number of rotatable bonds is 8. The van der Waals surface area contributed by atoms with Crippen LogP contribution in [0.2, 0.25) is 0 Å². The zero-order valence-electron chi connectivity index (χ0n) is 12.9. The third-order valence-electron chi connectivity index (χ3n) is 3.93. The van der Waals surface area contributed by atoms with Crippen LogP contribution >= 0.6 is 0 Å². The van der Waals surface area contributed by atoms with E-state index in [0.29, 0.717) is 6.42 Å². The van der Waals surface area contributed by atoms with Crippen LogP contribution in [0.4, 0.5) is 4.79 Å². The molecule has 20 heavy (non-hydrogen) atoms. The molecule has 1 fully saturated rings. The lowest BCUT2D eigenvalue weighted by Crippen LogP contribution is -2.56. The van der Waals surface area contributed by atoms with Crippen LogP contribution in [0, 0.1) is 5.92 Å². The Kier molecular flexibility index (Phi) is 6.68. The van der Waals surface area contributed by atoms with Gasteiger partial charge in [-0.25, -0.2) is 4.79 Å². The van der Waals surface area contributed by atoms with Gasteiger partial charge in [-0.1, -0.05) is 51.9 Å². The van der Waals surface area contributed by atoms with Crippen LogP contribution in [0.25, 0.3) is 0 Å². The third-order valence-corrected chi connectivity index (χ3v) is 3.93. The molecule has 1 saturated heterocycles. The van der Waals surface area contributed by atoms with Crippen molar-refractivity contribution in [2.45, 2.75) is 58.3 Å². The first-order chi connectivity index (χ1) is 9.50. The molecule has 1 rings (SSSR count). The zero-order valence-corrected chi connectivity index (χ0v) is 12.9. The molecule has 0 bridgehead atoms. The number of carbonyl (C=O) groups is 3. The van der Waals surface area contributed by atoms with Crippen LogP contribution < -0.4 is 0 Å². The smallest absolute Gasteiger partial charge is 0.273 e. The predicted octanol–water partition coefficient (Wildman–Crippen LogP) is 2.79. The Labute approximate surface area is 121 Å². The molecule has 0 aromatic carbocycles. The van der Waals surface area contributed by atoms with Gasteiger partial charge in [0.2, 0.25) is 11.8 Å². The summed E-state index contributed by atoms with van der Waals surface area (Å²) in [7, 11) is 2.87. The Morgan fingerprint density at radius 1 is 0.800 bits per heavy atom. The van der Waals surface area contributed by atoms with E-state index in [1.54, 1.807) is 0 Å². The first-order valence-corrected chi connectivity index (χ1v) is 7.59. The summed E-state index contributed by atoms with van der Waals surface area (Å²) in [6.07, 6.45) is 8.60. The summed E-state index contributed by atoms with van der Waals surface area (Å²) in [4.78, 5) is 37.6. The number of amides is 4. The van der Waals surface area contributed by atoms with Crippen molar-refractivity contribution in [2.75, 3.05) is 14.1 Å². The summed E-state index contributed by atoms with van der Waals surface area (Å²) in [5.41, 5.74) is 0. The maximum Gasteiger partial charge on any atom is 0.332 e. The zero-order chi connectivity index (χ0) is 15.1. The highest BCUT2D eigenvalue weighted by molar-refractivity contribution is 6.15. The van der Waals surface area contributed by atoms with Crippen LogP contribution in [0.15, 0.2) is 0 Å². The maximum absolute atomic E-state index is 12.0. The van der Waals surface area contributed by atoms with Gasteiger partial charge < -0.3 is 0 Å². The van der Waals surface area contributed by atoms with Crippen molar-refractivity contribution in [2.24, 2.45) is 5.92 Å². The highest BCUT2D eigenvalue weighted by Crippen LogP contribution is 2.21. The molecule has 114 valence electrons. The maximum atomic E-state index is 12.0. The first-order valence-electron chi connectivity index (χ1n) is 7.59. The summed E-state index contributed by atoms with van der Waals surface area (Å²) in [6.45, 7) is 2.19. The van der Waals surface area contributed by atoms with E-state index in [1.165, 1.54) is 39.8 Å². The number of barbiturate groups is 1. The van der Waals surface area contributed by atoms with E-state index < -0.39 is 11.9 Å². The molecule has 0 N–H and O–H groups in total. The lowest BCUT2D eigenvalue weighted by Gasteiger charge is -2.32. The number of urea groups is 1. The highest BCUT2D eigenvalue weighted by Gasteiger charge is 2.41. The molecule has 4 amide bonds. The second kappa shape index (κ2) is 8.02. The molecule has 0 saturated carbocycles. The molecule has 0 aromatic heterocycles. The monoisotopic (exact) mass is 282 g/mol. The molecule has 0 spiro atoms. The molecular formula is C15H26N2O3. The summed E-state index contributed by atoms with van der Waals surface area (Å²) in [5, 5.41) is 0. The summed E-state index contributed by atoms with van der Waals surface area (Å²) in [5.74, 6) is -1.38.